The Morgan fingerprint density at radius 2 is 2.40 bits per heavy atom. The number of ether oxygens (including phenoxy) is 2. The summed E-state index contributed by atoms with van der Waals surface area (Å²) in [6.45, 7) is 2.72. The summed E-state index contributed by atoms with van der Waals surface area (Å²) in [6, 6.07) is 8.01. The molecule has 1 aromatic carbocycles. The van der Waals surface area contributed by atoms with Crippen LogP contribution in [0.1, 0.15) is 12.0 Å². The van der Waals surface area contributed by atoms with Crippen molar-refractivity contribution in [2.24, 2.45) is 0 Å². The first-order valence-corrected chi connectivity index (χ1v) is 5.34. The molecule has 1 aliphatic heterocycles. The molecule has 0 bridgehead atoms. The first kappa shape index (κ1) is 10.5. The Bertz CT molecular complexity index is 308. The van der Waals surface area contributed by atoms with Crippen LogP contribution in [0, 0.1) is 0 Å². The molecule has 0 spiro atoms. The minimum absolute atomic E-state index is 0.371. The number of methoxy groups -OCH3 is 1. The number of nitrogens with one attached hydrogen (secondary N) is 1. The molecular formula is C12H17NO2. The van der Waals surface area contributed by atoms with Crippen LogP contribution in [0.25, 0.3) is 0 Å². The second kappa shape index (κ2) is 5.14. The molecule has 2 rings (SSSR count). The van der Waals surface area contributed by atoms with Crippen LogP contribution >= 0.6 is 0 Å². The molecule has 1 unspecified atom stereocenters. The standard InChI is InChI=1S/C12H17NO2/c1-14-11-4-2-3-10(7-11)9-15-12-5-6-13-8-12/h2-4,7,12-13H,5-6,8-9H2,1H3. The van der Waals surface area contributed by atoms with E-state index in [4.69, 9.17) is 9.47 Å². The van der Waals surface area contributed by atoms with E-state index >= 15 is 0 Å². The third-order valence-corrected chi connectivity index (χ3v) is 2.63. The van der Waals surface area contributed by atoms with Gasteiger partial charge in [-0.1, -0.05) is 12.1 Å². The number of hydrogen-bond acceptors (Lipinski definition) is 3. The fraction of sp³-hybridized carbons (Fsp3) is 0.500. The van der Waals surface area contributed by atoms with Crippen LogP contribution in [0.15, 0.2) is 24.3 Å². The van der Waals surface area contributed by atoms with Crippen LogP contribution in [-0.4, -0.2) is 26.3 Å². The van der Waals surface area contributed by atoms with Crippen molar-refractivity contribution in [2.45, 2.75) is 19.1 Å². The van der Waals surface area contributed by atoms with E-state index in [9.17, 15) is 0 Å². The molecule has 1 heterocycles. The molecule has 0 saturated carbocycles. The first-order valence-electron chi connectivity index (χ1n) is 5.34. The lowest BCUT2D eigenvalue weighted by atomic mass is 10.2. The van der Waals surface area contributed by atoms with Crippen LogP contribution in [0.4, 0.5) is 0 Å². The van der Waals surface area contributed by atoms with Crippen molar-refractivity contribution in [3.8, 4) is 5.75 Å². The van der Waals surface area contributed by atoms with E-state index < -0.39 is 0 Å². The molecule has 1 fully saturated rings. The molecule has 1 atom stereocenters. The molecule has 0 aromatic heterocycles. The zero-order chi connectivity index (χ0) is 10.5. The Morgan fingerprint density at radius 3 is 3.13 bits per heavy atom. The third-order valence-electron chi connectivity index (χ3n) is 2.63. The average Bonchev–Trinajstić information content (AvgIpc) is 2.79. The molecule has 1 N–H and O–H groups in total. The van der Waals surface area contributed by atoms with E-state index in [0.717, 1.165) is 25.3 Å². The number of rotatable bonds is 4. The van der Waals surface area contributed by atoms with E-state index in [1.165, 1.54) is 5.56 Å². The van der Waals surface area contributed by atoms with Gasteiger partial charge in [0.2, 0.25) is 0 Å². The van der Waals surface area contributed by atoms with Crippen LogP contribution in [0.2, 0.25) is 0 Å². The monoisotopic (exact) mass is 207 g/mol. The molecule has 1 saturated heterocycles. The van der Waals surface area contributed by atoms with Gasteiger partial charge in [-0.05, 0) is 30.7 Å². The van der Waals surface area contributed by atoms with Gasteiger partial charge in [0.15, 0.2) is 0 Å². The average molecular weight is 207 g/mol. The summed E-state index contributed by atoms with van der Waals surface area (Å²) < 4.78 is 10.9. The highest BCUT2D eigenvalue weighted by atomic mass is 16.5. The van der Waals surface area contributed by atoms with Gasteiger partial charge in [0.05, 0.1) is 19.8 Å². The zero-order valence-electron chi connectivity index (χ0n) is 9.03. The fourth-order valence-corrected chi connectivity index (χ4v) is 1.75. The van der Waals surface area contributed by atoms with Gasteiger partial charge in [-0.2, -0.15) is 0 Å². The van der Waals surface area contributed by atoms with Gasteiger partial charge in [0.25, 0.3) is 0 Å². The summed E-state index contributed by atoms with van der Waals surface area (Å²) in [5.41, 5.74) is 1.17. The van der Waals surface area contributed by atoms with Gasteiger partial charge in [0.1, 0.15) is 5.75 Å². The van der Waals surface area contributed by atoms with Crippen molar-refractivity contribution >= 4 is 0 Å². The van der Waals surface area contributed by atoms with Crippen LogP contribution < -0.4 is 10.1 Å². The van der Waals surface area contributed by atoms with Crippen molar-refractivity contribution < 1.29 is 9.47 Å². The summed E-state index contributed by atoms with van der Waals surface area (Å²) in [6.07, 6.45) is 1.49. The van der Waals surface area contributed by atoms with E-state index in [1.54, 1.807) is 7.11 Å². The summed E-state index contributed by atoms with van der Waals surface area (Å²) in [5, 5.41) is 3.28. The summed E-state index contributed by atoms with van der Waals surface area (Å²) in [5.74, 6) is 0.889. The predicted molar refractivity (Wildman–Crippen MR) is 59.1 cm³/mol. The molecular weight excluding hydrogens is 190 g/mol. The molecule has 15 heavy (non-hydrogen) atoms. The van der Waals surface area contributed by atoms with E-state index in [2.05, 4.69) is 11.4 Å². The molecule has 0 aliphatic carbocycles. The smallest absolute Gasteiger partial charge is 0.119 e. The first-order chi connectivity index (χ1) is 7.38. The SMILES string of the molecule is COc1cccc(COC2CCNC2)c1. The van der Waals surface area contributed by atoms with Gasteiger partial charge in [-0.3, -0.25) is 0 Å². The zero-order valence-corrected chi connectivity index (χ0v) is 9.03. The van der Waals surface area contributed by atoms with Crippen LogP contribution in [-0.2, 0) is 11.3 Å². The van der Waals surface area contributed by atoms with Gasteiger partial charge in [-0.15, -0.1) is 0 Å². The summed E-state index contributed by atoms with van der Waals surface area (Å²) in [4.78, 5) is 0. The van der Waals surface area contributed by atoms with Crippen molar-refractivity contribution in [1.82, 2.24) is 5.32 Å². The topological polar surface area (TPSA) is 30.5 Å². The van der Waals surface area contributed by atoms with E-state index in [1.807, 2.05) is 18.2 Å². The highest BCUT2D eigenvalue weighted by Gasteiger charge is 2.14. The molecule has 0 radical (unpaired) electrons. The second-order valence-corrected chi connectivity index (χ2v) is 3.78. The highest BCUT2D eigenvalue weighted by Crippen LogP contribution is 2.14. The van der Waals surface area contributed by atoms with Gasteiger partial charge < -0.3 is 14.8 Å². The highest BCUT2D eigenvalue weighted by molar-refractivity contribution is 5.27. The number of benzene rings is 1. The van der Waals surface area contributed by atoms with Gasteiger partial charge >= 0.3 is 0 Å². The lowest BCUT2D eigenvalue weighted by Gasteiger charge is -2.10. The largest absolute Gasteiger partial charge is 0.497 e. The Balaban J connectivity index is 1.86. The molecule has 82 valence electrons. The quantitative estimate of drug-likeness (QED) is 0.813. The Morgan fingerprint density at radius 1 is 1.47 bits per heavy atom. The maximum atomic E-state index is 5.77. The third kappa shape index (κ3) is 2.94. The summed E-state index contributed by atoms with van der Waals surface area (Å²) in [7, 11) is 1.68. The van der Waals surface area contributed by atoms with Crippen molar-refractivity contribution in [1.29, 1.82) is 0 Å². The minimum Gasteiger partial charge on any atom is -0.497 e. The fourth-order valence-electron chi connectivity index (χ4n) is 1.75. The van der Waals surface area contributed by atoms with Crippen LogP contribution in [0.5, 0.6) is 5.75 Å². The van der Waals surface area contributed by atoms with Gasteiger partial charge in [0, 0.05) is 6.54 Å². The second-order valence-electron chi connectivity index (χ2n) is 3.78. The number of hydrogen-bond donors (Lipinski definition) is 1. The minimum atomic E-state index is 0.371. The Hall–Kier alpha value is -1.06. The Labute approximate surface area is 90.4 Å². The molecule has 1 aromatic rings. The molecule has 1 aliphatic rings. The molecule has 0 amide bonds. The maximum absolute atomic E-state index is 5.77. The Kier molecular flexibility index (Phi) is 3.59. The van der Waals surface area contributed by atoms with E-state index in [-0.39, 0.29) is 0 Å². The maximum Gasteiger partial charge on any atom is 0.119 e. The molecule has 3 heteroatoms. The summed E-state index contributed by atoms with van der Waals surface area (Å²) >= 11 is 0. The predicted octanol–water partition coefficient (Wildman–Crippen LogP) is 1.57. The molecule has 3 nitrogen and oxygen atoms in total. The van der Waals surface area contributed by atoms with Crippen molar-refractivity contribution in [3.63, 3.8) is 0 Å². The normalized spacial score (nSPS) is 20.5. The lowest BCUT2D eigenvalue weighted by Crippen LogP contribution is -2.16. The van der Waals surface area contributed by atoms with Crippen molar-refractivity contribution in [3.05, 3.63) is 29.8 Å². The lowest BCUT2D eigenvalue weighted by molar-refractivity contribution is 0.0541. The van der Waals surface area contributed by atoms with Gasteiger partial charge in [-0.25, -0.2) is 0 Å². The van der Waals surface area contributed by atoms with Crippen LogP contribution in [0.3, 0.4) is 0 Å². The van der Waals surface area contributed by atoms with Crippen molar-refractivity contribution in [2.75, 3.05) is 20.2 Å². The van der Waals surface area contributed by atoms with E-state index in [0.29, 0.717) is 12.7 Å².